The Balaban J connectivity index is 1.44. The Kier molecular flexibility index (Phi) is 4.07. The van der Waals surface area contributed by atoms with E-state index in [0.29, 0.717) is 17.2 Å². The summed E-state index contributed by atoms with van der Waals surface area (Å²) in [5, 5.41) is 20.7. The van der Waals surface area contributed by atoms with Gasteiger partial charge in [0.15, 0.2) is 11.6 Å². The van der Waals surface area contributed by atoms with Crippen LogP contribution in [-0.4, -0.2) is 44.5 Å². The first-order valence-electron chi connectivity index (χ1n) is 10.1. The van der Waals surface area contributed by atoms with E-state index in [9.17, 15) is 5.11 Å². The van der Waals surface area contributed by atoms with Crippen LogP contribution in [0.25, 0.3) is 22.2 Å². The van der Waals surface area contributed by atoms with Gasteiger partial charge in [0.2, 0.25) is 0 Å². The Bertz CT molecular complexity index is 1150. The van der Waals surface area contributed by atoms with Crippen molar-refractivity contribution in [2.24, 2.45) is 10.8 Å². The number of anilines is 1. The van der Waals surface area contributed by atoms with Crippen LogP contribution in [0.5, 0.6) is 5.75 Å². The molecule has 2 heterocycles. The van der Waals surface area contributed by atoms with E-state index in [1.807, 2.05) is 37.1 Å². The number of benzene rings is 1. The number of hydrogen-bond donors (Lipinski definition) is 1. The van der Waals surface area contributed by atoms with Gasteiger partial charge in [-0.3, -0.25) is 4.98 Å². The average molecular weight is 405 g/mol. The molecule has 0 amide bonds. The van der Waals surface area contributed by atoms with Crippen molar-refractivity contribution in [1.29, 1.82) is 0 Å². The Morgan fingerprint density at radius 2 is 1.97 bits per heavy atom. The molecule has 1 fully saturated rings. The van der Waals surface area contributed by atoms with Crippen LogP contribution in [0.1, 0.15) is 26.7 Å². The van der Waals surface area contributed by atoms with Gasteiger partial charge in [0.25, 0.3) is 0 Å². The molecular formula is C23H24FN5O. The third-order valence-corrected chi connectivity index (χ3v) is 6.70. The zero-order valence-corrected chi connectivity index (χ0v) is 17.2. The number of hydrogen-bond acceptors (Lipinski definition) is 6. The van der Waals surface area contributed by atoms with Gasteiger partial charge in [0.05, 0.1) is 17.8 Å². The second-order valence-corrected chi connectivity index (χ2v) is 9.19. The van der Waals surface area contributed by atoms with Crippen molar-refractivity contribution >= 4 is 16.6 Å². The smallest absolute Gasteiger partial charge is 0.185 e. The molecule has 154 valence electrons. The maximum Gasteiger partial charge on any atom is 0.185 e. The molecule has 2 aliphatic rings. The molecule has 1 N–H and O–H groups in total. The summed E-state index contributed by atoms with van der Waals surface area (Å²) in [4.78, 5) is 10.3. The van der Waals surface area contributed by atoms with E-state index >= 15 is 4.39 Å². The van der Waals surface area contributed by atoms with E-state index < -0.39 is 11.6 Å². The second-order valence-electron chi connectivity index (χ2n) is 9.19. The van der Waals surface area contributed by atoms with Gasteiger partial charge in [0.1, 0.15) is 11.9 Å². The Morgan fingerprint density at radius 3 is 2.73 bits per heavy atom. The number of aromatic hydroxyl groups is 1. The third-order valence-electron chi connectivity index (χ3n) is 6.70. The van der Waals surface area contributed by atoms with E-state index in [4.69, 9.17) is 0 Å². The van der Waals surface area contributed by atoms with Gasteiger partial charge in [-0.15, -0.1) is 10.2 Å². The van der Waals surface area contributed by atoms with Crippen LogP contribution in [-0.2, 0) is 0 Å². The van der Waals surface area contributed by atoms with Crippen LogP contribution in [0.2, 0.25) is 0 Å². The molecule has 30 heavy (non-hydrogen) atoms. The largest absolute Gasteiger partial charge is 0.507 e. The second kappa shape index (κ2) is 6.45. The molecule has 6 nitrogen and oxygen atoms in total. The lowest BCUT2D eigenvalue weighted by molar-refractivity contribution is 0.0546. The summed E-state index contributed by atoms with van der Waals surface area (Å²) >= 11 is 0. The summed E-state index contributed by atoms with van der Waals surface area (Å²) in [7, 11) is 1.85. The van der Waals surface area contributed by atoms with Crippen LogP contribution in [0.15, 0.2) is 48.9 Å². The molecule has 2 aromatic heterocycles. The van der Waals surface area contributed by atoms with Gasteiger partial charge >= 0.3 is 0 Å². The lowest BCUT2D eigenvalue weighted by Gasteiger charge is -2.46. The molecule has 4 atom stereocenters. The zero-order valence-electron chi connectivity index (χ0n) is 17.2. The van der Waals surface area contributed by atoms with Crippen LogP contribution in [0, 0.1) is 10.8 Å². The van der Waals surface area contributed by atoms with E-state index in [2.05, 4.69) is 33.2 Å². The predicted octanol–water partition coefficient (Wildman–Crippen LogP) is 4.31. The number of halogens is 1. The molecule has 1 saturated carbocycles. The van der Waals surface area contributed by atoms with Crippen molar-refractivity contribution < 1.29 is 9.50 Å². The van der Waals surface area contributed by atoms with Crippen LogP contribution >= 0.6 is 0 Å². The standard InChI is InChI=1S/C23H24FN5O/c1-22-5-6-23(2,13-22)20(24)17(10-22)29(3)19-12-26-21(28-27-19)16-8-14-4-7-25-11-15(14)9-18(16)30/h4-9,11-12,17,20,30H,10,13H2,1-3H3/t17-,20+,22-,23-/m0/s1. The maximum absolute atomic E-state index is 15.4. The first kappa shape index (κ1) is 18.9. The van der Waals surface area contributed by atoms with Gasteiger partial charge in [-0.05, 0) is 41.8 Å². The normalized spacial score (nSPS) is 30.0. The van der Waals surface area contributed by atoms with Gasteiger partial charge < -0.3 is 10.0 Å². The van der Waals surface area contributed by atoms with Gasteiger partial charge in [0, 0.05) is 30.2 Å². The SMILES string of the molecule is CN(c1cnc(-c2cc3ccncc3cc2O)nn1)[C@H]1C[C@]2(C)C=C[C@@](C)(C2)[C@@H]1F. The predicted molar refractivity (Wildman–Crippen MR) is 114 cm³/mol. The lowest BCUT2D eigenvalue weighted by Crippen LogP contribution is -2.52. The van der Waals surface area contributed by atoms with E-state index in [1.165, 1.54) is 0 Å². The van der Waals surface area contributed by atoms with Gasteiger partial charge in [-0.25, -0.2) is 9.37 Å². The zero-order chi connectivity index (χ0) is 21.1. The molecule has 2 bridgehead atoms. The number of allylic oxidation sites excluding steroid dienone is 2. The van der Waals surface area contributed by atoms with Crippen LogP contribution < -0.4 is 4.90 Å². The number of phenolic OH excluding ortho intramolecular Hbond substituents is 1. The molecule has 3 aromatic rings. The highest BCUT2D eigenvalue weighted by atomic mass is 19.1. The number of fused-ring (bicyclic) bond motifs is 3. The number of nitrogens with zero attached hydrogens (tertiary/aromatic N) is 5. The Morgan fingerprint density at radius 1 is 1.13 bits per heavy atom. The summed E-state index contributed by atoms with van der Waals surface area (Å²) in [5.41, 5.74) is 0.0556. The lowest BCUT2D eigenvalue weighted by atomic mass is 9.66. The highest BCUT2D eigenvalue weighted by Crippen LogP contribution is 2.55. The molecule has 0 spiro atoms. The number of alkyl halides is 1. The molecule has 7 heteroatoms. The number of phenols is 1. The fourth-order valence-corrected chi connectivity index (χ4v) is 5.09. The fraction of sp³-hybridized carbons (Fsp3) is 0.391. The molecule has 0 unspecified atom stereocenters. The average Bonchev–Trinajstić information content (AvgIpc) is 3.02. The highest BCUT2D eigenvalue weighted by Gasteiger charge is 2.53. The van der Waals surface area contributed by atoms with Crippen molar-refractivity contribution in [3.63, 3.8) is 0 Å². The molecule has 1 aromatic carbocycles. The van der Waals surface area contributed by atoms with E-state index in [-0.39, 0.29) is 17.2 Å². The summed E-state index contributed by atoms with van der Waals surface area (Å²) < 4.78 is 15.4. The molecule has 0 aliphatic heterocycles. The van der Waals surface area contributed by atoms with Crippen molar-refractivity contribution in [3.8, 4) is 17.1 Å². The quantitative estimate of drug-likeness (QED) is 0.655. The molecular weight excluding hydrogens is 381 g/mol. The van der Waals surface area contributed by atoms with Crippen LogP contribution in [0.4, 0.5) is 10.2 Å². The minimum absolute atomic E-state index is 0.00278. The highest BCUT2D eigenvalue weighted by molar-refractivity contribution is 5.88. The monoisotopic (exact) mass is 405 g/mol. The third kappa shape index (κ3) is 2.91. The number of aromatic nitrogens is 4. The molecule has 0 radical (unpaired) electrons. The maximum atomic E-state index is 15.4. The van der Waals surface area contributed by atoms with Crippen molar-refractivity contribution in [2.45, 2.75) is 38.9 Å². The topological polar surface area (TPSA) is 75.0 Å². The summed E-state index contributed by atoms with van der Waals surface area (Å²) in [6.45, 7) is 4.18. The van der Waals surface area contributed by atoms with Crippen molar-refractivity contribution in [2.75, 3.05) is 11.9 Å². The molecule has 0 saturated heterocycles. The Labute approximate surface area is 174 Å². The minimum Gasteiger partial charge on any atom is -0.507 e. The van der Waals surface area contributed by atoms with Crippen molar-refractivity contribution in [3.05, 3.63) is 48.9 Å². The first-order chi connectivity index (χ1) is 14.3. The minimum atomic E-state index is -0.992. The van der Waals surface area contributed by atoms with Gasteiger partial charge in [-0.1, -0.05) is 26.0 Å². The first-order valence-corrected chi connectivity index (χ1v) is 10.1. The van der Waals surface area contributed by atoms with Crippen molar-refractivity contribution in [1.82, 2.24) is 20.2 Å². The number of pyridine rings is 1. The summed E-state index contributed by atoms with van der Waals surface area (Å²) in [6, 6.07) is 5.02. The Hall–Kier alpha value is -3.09. The van der Waals surface area contributed by atoms with Gasteiger partial charge in [-0.2, -0.15) is 0 Å². The molecule has 5 rings (SSSR count). The van der Waals surface area contributed by atoms with E-state index in [1.54, 1.807) is 24.7 Å². The number of rotatable bonds is 3. The summed E-state index contributed by atoms with van der Waals surface area (Å²) in [6.07, 6.45) is 9.76. The summed E-state index contributed by atoms with van der Waals surface area (Å²) in [5.74, 6) is 0.909. The molecule has 2 aliphatic carbocycles. The van der Waals surface area contributed by atoms with E-state index in [0.717, 1.165) is 23.6 Å². The van der Waals surface area contributed by atoms with Crippen LogP contribution in [0.3, 0.4) is 0 Å². The fourth-order valence-electron chi connectivity index (χ4n) is 5.09.